The number of alkyl halides is 1. The van der Waals surface area contributed by atoms with Gasteiger partial charge in [0.25, 0.3) is 0 Å². The summed E-state index contributed by atoms with van der Waals surface area (Å²) in [7, 11) is 1.85. The van der Waals surface area contributed by atoms with Gasteiger partial charge in [0.15, 0.2) is 11.6 Å². The zero-order valence-electron chi connectivity index (χ0n) is 10.1. The molecule has 1 aromatic heterocycles. The molecule has 0 fully saturated rings. The number of aromatic nitrogens is 2. The fourth-order valence-electron chi connectivity index (χ4n) is 1.69. The predicted molar refractivity (Wildman–Crippen MR) is 68.4 cm³/mol. The number of para-hydroxylation sites is 1. The van der Waals surface area contributed by atoms with E-state index in [-0.39, 0.29) is 17.4 Å². The number of rotatable bonds is 5. The Morgan fingerprint density at radius 3 is 2.94 bits per heavy atom. The maximum atomic E-state index is 13.6. The molecule has 2 aromatic rings. The fourth-order valence-corrected chi connectivity index (χ4v) is 1.90. The average Bonchev–Trinajstić information content (AvgIpc) is 2.77. The van der Waals surface area contributed by atoms with Crippen molar-refractivity contribution in [3.8, 4) is 5.75 Å². The fraction of sp³-hybridized carbons (Fsp3) is 0.308. The number of hydrogen-bond acceptors (Lipinski definition) is 2. The molecule has 0 N–H and O–H groups in total. The molecule has 18 heavy (non-hydrogen) atoms. The van der Waals surface area contributed by atoms with E-state index >= 15 is 0 Å². The van der Waals surface area contributed by atoms with Gasteiger partial charge >= 0.3 is 0 Å². The number of nitrogens with zero attached hydrogens (tertiary/aromatic N) is 2. The zero-order chi connectivity index (χ0) is 13.0. The molecule has 0 aliphatic heterocycles. The second-order valence-electron chi connectivity index (χ2n) is 3.98. The van der Waals surface area contributed by atoms with Crippen LogP contribution in [0.1, 0.15) is 11.1 Å². The maximum absolute atomic E-state index is 13.6. The predicted octanol–water partition coefficient (Wildman–Crippen LogP) is 2.92. The summed E-state index contributed by atoms with van der Waals surface area (Å²) in [6.07, 6.45) is 4.37. The number of hydrogen-bond donors (Lipinski definition) is 0. The van der Waals surface area contributed by atoms with Crippen LogP contribution in [0.3, 0.4) is 0 Å². The topological polar surface area (TPSA) is 27.1 Å². The molecule has 96 valence electrons. The minimum absolute atomic E-state index is 0.236. The summed E-state index contributed by atoms with van der Waals surface area (Å²) >= 11 is 5.74. The van der Waals surface area contributed by atoms with Crippen LogP contribution in [0.2, 0.25) is 0 Å². The van der Waals surface area contributed by atoms with Gasteiger partial charge in [0, 0.05) is 25.2 Å². The molecular formula is C13H14ClFN2O. The van der Waals surface area contributed by atoms with E-state index in [1.165, 1.54) is 6.07 Å². The lowest BCUT2D eigenvalue weighted by Crippen LogP contribution is -2.04. The zero-order valence-corrected chi connectivity index (χ0v) is 10.8. The van der Waals surface area contributed by atoms with Gasteiger partial charge in [0.2, 0.25) is 0 Å². The molecule has 0 aliphatic carbocycles. The van der Waals surface area contributed by atoms with E-state index in [1.807, 2.05) is 13.2 Å². The van der Waals surface area contributed by atoms with Gasteiger partial charge in [-0.25, -0.2) is 4.39 Å². The first-order valence-electron chi connectivity index (χ1n) is 5.64. The lowest BCUT2D eigenvalue weighted by atomic mass is 10.2. The van der Waals surface area contributed by atoms with Crippen molar-refractivity contribution in [1.82, 2.24) is 9.78 Å². The minimum Gasteiger partial charge on any atom is -0.490 e. The van der Waals surface area contributed by atoms with Crippen molar-refractivity contribution in [2.24, 2.45) is 7.05 Å². The molecule has 5 heteroatoms. The summed E-state index contributed by atoms with van der Waals surface area (Å²) in [5.41, 5.74) is 1.73. The SMILES string of the molecule is Cn1cc(CCOc2c(F)cccc2CCl)cn1. The highest BCUT2D eigenvalue weighted by molar-refractivity contribution is 6.17. The largest absolute Gasteiger partial charge is 0.490 e. The van der Waals surface area contributed by atoms with Crippen molar-refractivity contribution in [3.05, 3.63) is 47.5 Å². The lowest BCUT2D eigenvalue weighted by molar-refractivity contribution is 0.303. The smallest absolute Gasteiger partial charge is 0.165 e. The third-order valence-corrected chi connectivity index (χ3v) is 2.88. The Morgan fingerprint density at radius 1 is 1.44 bits per heavy atom. The highest BCUT2D eigenvalue weighted by atomic mass is 35.5. The van der Waals surface area contributed by atoms with Gasteiger partial charge in [-0.15, -0.1) is 11.6 Å². The molecule has 0 saturated carbocycles. The van der Waals surface area contributed by atoms with Crippen LogP contribution < -0.4 is 4.74 Å². The van der Waals surface area contributed by atoms with Crippen molar-refractivity contribution in [3.63, 3.8) is 0 Å². The second kappa shape index (κ2) is 5.87. The van der Waals surface area contributed by atoms with Crippen LogP contribution in [0.4, 0.5) is 4.39 Å². The lowest BCUT2D eigenvalue weighted by Gasteiger charge is -2.10. The average molecular weight is 269 g/mol. The highest BCUT2D eigenvalue weighted by Crippen LogP contribution is 2.24. The van der Waals surface area contributed by atoms with E-state index in [1.54, 1.807) is 23.0 Å². The van der Waals surface area contributed by atoms with Gasteiger partial charge in [-0.1, -0.05) is 12.1 Å². The molecule has 0 saturated heterocycles. The monoisotopic (exact) mass is 268 g/mol. The van der Waals surface area contributed by atoms with Crippen molar-refractivity contribution in [2.45, 2.75) is 12.3 Å². The Hall–Kier alpha value is -1.55. The van der Waals surface area contributed by atoms with Crippen LogP contribution in [0, 0.1) is 5.82 Å². The molecule has 0 aliphatic rings. The summed E-state index contributed by atoms with van der Waals surface area (Å²) in [4.78, 5) is 0. The molecule has 0 spiro atoms. The molecule has 1 aromatic carbocycles. The van der Waals surface area contributed by atoms with E-state index < -0.39 is 0 Å². The summed E-state index contributed by atoms with van der Waals surface area (Å²) in [5, 5.41) is 4.06. The minimum atomic E-state index is -0.376. The van der Waals surface area contributed by atoms with Gasteiger partial charge < -0.3 is 4.74 Å². The molecule has 0 atom stereocenters. The highest BCUT2D eigenvalue weighted by Gasteiger charge is 2.09. The molecule has 0 amide bonds. The van der Waals surface area contributed by atoms with Gasteiger partial charge in [-0.3, -0.25) is 4.68 Å². The Labute approximate surface area is 110 Å². The van der Waals surface area contributed by atoms with Crippen LogP contribution >= 0.6 is 11.6 Å². The Kier molecular flexibility index (Phi) is 4.20. The molecule has 3 nitrogen and oxygen atoms in total. The first kappa shape index (κ1) is 12.9. The van der Waals surface area contributed by atoms with Crippen molar-refractivity contribution >= 4 is 11.6 Å². The van der Waals surface area contributed by atoms with Gasteiger partial charge in [-0.05, 0) is 11.6 Å². The van der Waals surface area contributed by atoms with E-state index in [9.17, 15) is 4.39 Å². The van der Waals surface area contributed by atoms with Crippen LogP contribution in [0.5, 0.6) is 5.75 Å². The molecular weight excluding hydrogens is 255 g/mol. The van der Waals surface area contributed by atoms with E-state index in [2.05, 4.69) is 5.10 Å². The van der Waals surface area contributed by atoms with Crippen LogP contribution in [-0.2, 0) is 19.3 Å². The van der Waals surface area contributed by atoms with Crippen LogP contribution in [0.25, 0.3) is 0 Å². The maximum Gasteiger partial charge on any atom is 0.165 e. The van der Waals surface area contributed by atoms with Gasteiger partial charge in [0.05, 0.1) is 18.7 Å². The standard InChI is InChI=1S/C13H14ClFN2O/c1-17-9-10(8-16-17)5-6-18-13-11(7-14)3-2-4-12(13)15/h2-4,8-9H,5-7H2,1H3. The summed E-state index contributed by atoms with van der Waals surface area (Å²) < 4.78 is 20.8. The van der Waals surface area contributed by atoms with E-state index in [0.29, 0.717) is 18.6 Å². The second-order valence-corrected chi connectivity index (χ2v) is 4.25. The molecule has 0 radical (unpaired) electrons. The summed E-state index contributed by atoms with van der Waals surface area (Å²) in [6.45, 7) is 0.399. The van der Waals surface area contributed by atoms with Gasteiger partial charge in [0.1, 0.15) is 0 Å². The summed E-state index contributed by atoms with van der Waals surface area (Å²) in [6, 6.07) is 4.76. The third-order valence-electron chi connectivity index (χ3n) is 2.59. The van der Waals surface area contributed by atoms with Crippen molar-refractivity contribution < 1.29 is 9.13 Å². The quantitative estimate of drug-likeness (QED) is 0.780. The Morgan fingerprint density at radius 2 is 2.28 bits per heavy atom. The summed E-state index contributed by atoms with van der Waals surface area (Å²) in [5.74, 6) is 0.107. The van der Waals surface area contributed by atoms with E-state index in [4.69, 9.17) is 16.3 Å². The number of aryl methyl sites for hydroxylation is 1. The van der Waals surface area contributed by atoms with Gasteiger partial charge in [-0.2, -0.15) is 5.10 Å². The first-order valence-corrected chi connectivity index (χ1v) is 6.18. The van der Waals surface area contributed by atoms with Crippen LogP contribution in [-0.4, -0.2) is 16.4 Å². The Bertz CT molecular complexity index is 527. The number of benzene rings is 1. The number of halogens is 2. The molecule has 0 bridgehead atoms. The first-order chi connectivity index (χ1) is 8.70. The normalized spacial score (nSPS) is 10.6. The van der Waals surface area contributed by atoms with Crippen molar-refractivity contribution in [1.29, 1.82) is 0 Å². The van der Waals surface area contributed by atoms with Crippen LogP contribution in [0.15, 0.2) is 30.6 Å². The Balaban J connectivity index is 1.98. The molecule has 2 rings (SSSR count). The third kappa shape index (κ3) is 3.01. The van der Waals surface area contributed by atoms with E-state index in [0.717, 1.165) is 5.56 Å². The molecule has 0 unspecified atom stereocenters. The molecule has 1 heterocycles. The van der Waals surface area contributed by atoms with Crippen molar-refractivity contribution in [2.75, 3.05) is 6.61 Å². The number of ether oxygens (including phenoxy) is 1.